The lowest BCUT2D eigenvalue weighted by molar-refractivity contribution is -0.132. The molecule has 2 amide bonds. The number of carbonyl (C=O) groups is 2. The van der Waals surface area contributed by atoms with E-state index in [1.165, 1.54) is 0 Å². The van der Waals surface area contributed by atoms with Gasteiger partial charge in [0.05, 0.1) is 12.6 Å². The molecular formula is C10H19N3O3S. The molecule has 0 saturated carbocycles. The molecule has 0 aromatic rings. The van der Waals surface area contributed by atoms with Gasteiger partial charge in [-0.05, 0) is 5.75 Å². The van der Waals surface area contributed by atoms with E-state index in [9.17, 15) is 9.59 Å². The molecule has 1 rings (SSSR count). The van der Waals surface area contributed by atoms with Crippen LogP contribution in [0, 0.1) is 0 Å². The Kier molecular flexibility index (Phi) is 5.23. The van der Waals surface area contributed by atoms with Gasteiger partial charge in [0.1, 0.15) is 5.54 Å². The fourth-order valence-corrected chi connectivity index (χ4v) is 2.21. The summed E-state index contributed by atoms with van der Waals surface area (Å²) in [4.78, 5) is 23.2. The van der Waals surface area contributed by atoms with Crippen LogP contribution in [0.4, 0.5) is 0 Å². The quantitative estimate of drug-likeness (QED) is 0.558. The molecule has 7 heteroatoms. The van der Waals surface area contributed by atoms with Gasteiger partial charge in [0.2, 0.25) is 11.8 Å². The van der Waals surface area contributed by atoms with Crippen LogP contribution in [0.5, 0.6) is 0 Å². The summed E-state index contributed by atoms with van der Waals surface area (Å²) in [5.74, 6) is 0.497. The van der Waals surface area contributed by atoms with Crippen LogP contribution >= 0.6 is 11.8 Å². The molecule has 5 N–H and O–H groups in total. The molecule has 1 unspecified atom stereocenters. The van der Waals surface area contributed by atoms with Gasteiger partial charge in [0.25, 0.3) is 0 Å². The molecule has 1 fully saturated rings. The summed E-state index contributed by atoms with van der Waals surface area (Å²) in [5, 5.41) is 2.62. The third-order valence-electron chi connectivity index (χ3n) is 2.69. The number of thioether (sulfide) groups is 1. The Morgan fingerprint density at radius 2 is 2.29 bits per heavy atom. The first kappa shape index (κ1) is 14.3. The fraction of sp³-hybridized carbons (Fsp3) is 0.800. The summed E-state index contributed by atoms with van der Waals surface area (Å²) in [6.45, 7) is 2.54. The molecule has 17 heavy (non-hydrogen) atoms. The standard InChI is InChI=1S/C10H19N3O3S/c1-2-17-5-7(11)8(14)13-10(9(12)15)3-4-16-6-10/h7H,2-6,11H2,1H3,(H2,12,15)(H,13,14)/t7-,10?/m0/s1. The van der Waals surface area contributed by atoms with Crippen molar-refractivity contribution < 1.29 is 14.3 Å². The van der Waals surface area contributed by atoms with E-state index in [1.807, 2.05) is 6.92 Å². The van der Waals surface area contributed by atoms with Crippen molar-refractivity contribution in [2.24, 2.45) is 11.5 Å². The third kappa shape index (κ3) is 3.58. The number of nitrogens with two attached hydrogens (primary N) is 2. The molecule has 1 heterocycles. The van der Waals surface area contributed by atoms with Crippen molar-refractivity contribution in [3.8, 4) is 0 Å². The lowest BCUT2D eigenvalue weighted by atomic mass is 9.97. The number of carbonyl (C=O) groups excluding carboxylic acids is 2. The second-order valence-electron chi connectivity index (χ2n) is 4.00. The topological polar surface area (TPSA) is 107 Å². The molecule has 1 aliphatic rings. The molecule has 2 atom stereocenters. The highest BCUT2D eigenvalue weighted by molar-refractivity contribution is 7.99. The van der Waals surface area contributed by atoms with Gasteiger partial charge in [-0.2, -0.15) is 11.8 Å². The lowest BCUT2D eigenvalue weighted by Crippen LogP contribution is -2.61. The van der Waals surface area contributed by atoms with Gasteiger partial charge >= 0.3 is 0 Å². The predicted molar refractivity (Wildman–Crippen MR) is 66.5 cm³/mol. The van der Waals surface area contributed by atoms with E-state index in [4.69, 9.17) is 16.2 Å². The monoisotopic (exact) mass is 261 g/mol. The van der Waals surface area contributed by atoms with Crippen molar-refractivity contribution in [2.45, 2.75) is 24.9 Å². The van der Waals surface area contributed by atoms with Crippen molar-refractivity contribution in [2.75, 3.05) is 24.7 Å². The first-order chi connectivity index (χ1) is 8.02. The highest BCUT2D eigenvalue weighted by Crippen LogP contribution is 2.18. The van der Waals surface area contributed by atoms with Crippen molar-refractivity contribution >= 4 is 23.6 Å². The van der Waals surface area contributed by atoms with Crippen LogP contribution in [0.15, 0.2) is 0 Å². The van der Waals surface area contributed by atoms with Crippen LogP contribution in [-0.4, -0.2) is 48.1 Å². The summed E-state index contributed by atoms with van der Waals surface area (Å²) in [6, 6.07) is -0.628. The van der Waals surface area contributed by atoms with E-state index in [1.54, 1.807) is 11.8 Å². The highest BCUT2D eigenvalue weighted by atomic mass is 32.2. The van der Waals surface area contributed by atoms with Gasteiger partial charge in [-0.1, -0.05) is 6.92 Å². The van der Waals surface area contributed by atoms with Crippen LogP contribution in [0.25, 0.3) is 0 Å². The predicted octanol–water partition coefficient (Wildman–Crippen LogP) is -1.17. The molecule has 0 bridgehead atoms. The maximum atomic E-state index is 11.8. The van der Waals surface area contributed by atoms with E-state index in [2.05, 4.69) is 5.32 Å². The van der Waals surface area contributed by atoms with Gasteiger partial charge < -0.3 is 21.5 Å². The third-order valence-corrected chi connectivity index (χ3v) is 3.70. The molecule has 0 aromatic heterocycles. The molecular weight excluding hydrogens is 242 g/mol. The maximum absolute atomic E-state index is 11.8. The molecule has 0 aliphatic carbocycles. The zero-order valence-corrected chi connectivity index (χ0v) is 10.7. The Bertz CT molecular complexity index is 293. The Morgan fingerprint density at radius 1 is 1.59 bits per heavy atom. The average molecular weight is 261 g/mol. The number of hydrogen-bond acceptors (Lipinski definition) is 5. The summed E-state index contributed by atoms with van der Waals surface area (Å²) in [6.07, 6.45) is 0.404. The number of amides is 2. The Hall–Kier alpha value is -0.790. The Labute approximate surface area is 105 Å². The number of primary amides is 1. The Morgan fingerprint density at radius 3 is 2.76 bits per heavy atom. The molecule has 0 aromatic carbocycles. The van der Waals surface area contributed by atoms with Crippen molar-refractivity contribution in [3.05, 3.63) is 0 Å². The molecule has 0 spiro atoms. The fourth-order valence-electron chi connectivity index (χ4n) is 1.57. The number of nitrogens with one attached hydrogen (secondary N) is 1. The van der Waals surface area contributed by atoms with Gasteiger partial charge in [0, 0.05) is 18.8 Å². The van der Waals surface area contributed by atoms with E-state index >= 15 is 0 Å². The van der Waals surface area contributed by atoms with Gasteiger partial charge in [-0.15, -0.1) is 0 Å². The zero-order valence-electron chi connectivity index (χ0n) is 9.90. The van der Waals surface area contributed by atoms with Gasteiger partial charge in [-0.25, -0.2) is 0 Å². The van der Waals surface area contributed by atoms with Crippen LogP contribution < -0.4 is 16.8 Å². The molecule has 6 nitrogen and oxygen atoms in total. The van der Waals surface area contributed by atoms with Gasteiger partial charge in [-0.3, -0.25) is 9.59 Å². The minimum Gasteiger partial charge on any atom is -0.378 e. The van der Waals surface area contributed by atoms with Crippen LogP contribution in [0.1, 0.15) is 13.3 Å². The largest absolute Gasteiger partial charge is 0.378 e. The summed E-state index contributed by atoms with van der Waals surface area (Å²) in [5.41, 5.74) is 9.94. The SMILES string of the molecule is CCSC[C@H](N)C(=O)NC1(C(N)=O)CCOC1. The summed E-state index contributed by atoms with van der Waals surface area (Å²) in [7, 11) is 0. The van der Waals surface area contributed by atoms with E-state index in [0.717, 1.165) is 5.75 Å². The second kappa shape index (κ2) is 6.23. The van der Waals surface area contributed by atoms with Gasteiger partial charge in [0.15, 0.2) is 0 Å². The smallest absolute Gasteiger partial charge is 0.245 e. The Balaban J connectivity index is 2.56. The zero-order chi connectivity index (χ0) is 12.9. The van der Waals surface area contributed by atoms with Crippen LogP contribution in [0.3, 0.4) is 0 Å². The van der Waals surface area contributed by atoms with Crippen molar-refractivity contribution in [1.82, 2.24) is 5.32 Å². The molecule has 98 valence electrons. The molecule has 0 radical (unpaired) electrons. The van der Waals surface area contributed by atoms with Crippen LogP contribution in [-0.2, 0) is 14.3 Å². The molecule has 1 aliphatic heterocycles. The van der Waals surface area contributed by atoms with E-state index in [0.29, 0.717) is 18.8 Å². The number of hydrogen-bond donors (Lipinski definition) is 3. The first-order valence-electron chi connectivity index (χ1n) is 5.55. The lowest BCUT2D eigenvalue weighted by Gasteiger charge is -2.26. The summed E-state index contributed by atoms with van der Waals surface area (Å²) < 4.78 is 5.12. The minimum atomic E-state index is -1.08. The van der Waals surface area contributed by atoms with E-state index in [-0.39, 0.29) is 12.5 Å². The second-order valence-corrected chi connectivity index (χ2v) is 5.32. The number of rotatable bonds is 6. The summed E-state index contributed by atoms with van der Waals surface area (Å²) >= 11 is 1.58. The van der Waals surface area contributed by atoms with Crippen molar-refractivity contribution in [3.63, 3.8) is 0 Å². The first-order valence-corrected chi connectivity index (χ1v) is 6.70. The highest BCUT2D eigenvalue weighted by Gasteiger charge is 2.42. The minimum absolute atomic E-state index is 0.127. The normalized spacial score (nSPS) is 25.5. The number of ether oxygens (including phenoxy) is 1. The van der Waals surface area contributed by atoms with Crippen LogP contribution in [0.2, 0.25) is 0 Å². The average Bonchev–Trinajstić information content (AvgIpc) is 2.75. The van der Waals surface area contributed by atoms with Crippen molar-refractivity contribution in [1.29, 1.82) is 0 Å². The molecule has 1 saturated heterocycles. The maximum Gasteiger partial charge on any atom is 0.245 e. The van der Waals surface area contributed by atoms with E-state index < -0.39 is 17.5 Å².